The summed E-state index contributed by atoms with van der Waals surface area (Å²) in [5.74, 6) is 2.22. The van der Waals surface area contributed by atoms with Gasteiger partial charge in [0.2, 0.25) is 0 Å². The van der Waals surface area contributed by atoms with Crippen LogP contribution < -0.4 is 5.73 Å². The first kappa shape index (κ1) is 11.7. The van der Waals surface area contributed by atoms with E-state index in [1.54, 1.807) is 4.68 Å². The van der Waals surface area contributed by atoms with Gasteiger partial charge in [0.1, 0.15) is 5.82 Å². The molecule has 0 amide bonds. The van der Waals surface area contributed by atoms with Gasteiger partial charge in [0.25, 0.3) is 0 Å². The first-order valence-corrected chi connectivity index (χ1v) is 6.49. The summed E-state index contributed by atoms with van der Waals surface area (Å²) >= 11 is 6.15. The maximum atomic E-state index is 6.15. The summed E-state index contributed by atoms with van der Waals surface area (Å²) in [7, 11) is 0. The maximum absolute atomic E-state index is 6.15. The minimum atomic E-state index is 0.380. The lowest BCUT2D eigenvalue weighted by Crippen LogP contribution is -2.08. The van der Waals surface area contributed by atoms with Crippen molar-refractivity contribution >= 4 is 11.6 Å². The molecular weight excluding hydrogens is 248 g/mol. The Morgan fingerprint density at radius 2 is 2.22 bits per heavy atom. The fraction of sp³-hybridized carbons (Fsp3) is 0.385. The molecule has 0 spiro atoms. The van der Waals surface area contributed by atoms with E-state index in [-0.39, 0.29) is 0 Å². The minimum Gasteiger partial charge on any atom is -0.324 e. The third kappa shape index (κ3) is 2.02. The Morgan fingerprint density at radius 3 is 2.83 bits per heavy atom. The Hall–Kier alpha value is -1.39. The number of rotatable bonds is 3. The van der Waals surface area contributed by atoms with Crippen LogP contribution in [0.4, 0.5) is 0 Å². The largest absolute Gasteiger partial charge is 0.324 e. The van der Waals surface area contributed by atoms with Crippen molar-refractivity contribution in [2.75, 3.05) is 0 Å². The molecule has 94 valence electrons. The number of halogens is 1. The smallest absolute Gasteiger partial charge is 0.154 e. The summed E-state index contributed by atoms with van der Waals surface area (Å²) in [5, 5.41) is 5.29. The van der Waals surface area contributed by atoms with Gasteiger partial charge in [-0.3, -0.25) is 0 Å². The molecule has 5 heteroatoms. The van der Waals surface area contributed by atoms with Gasteiger partial charge in [0.05, 0.1) is 12.2 Å². The third-order valence-electron chi connectivity index (χ3n) is 3.22. The molecule has 0 radical (unpaired) electrons. The molecule has 1 aromatic heterocycles. The van der Waals surface area contributed by atoms with E-state index in [9.17, 15) is 0 Å². The van der Waals surface area contributed by atoms with Crippen molar-refractivity contribution in [3.05, 3.63) is 40.4 Å². The highest BCUT2D eigenvalue weighted by Crippen LogP contribution is 2.38. The highest BCUT2D eigenvalue weighted by molar-refractivity contribution is 6.31. The molecule has 1 fully saturated rings. The van der Waals surface area contributed by atoms with Crippen LogP contribution in [0.5, 0.6) is 0 Å². The van der Waals surface area contributed by atoms with Crippen molar-refractivity contribution < 1.29 is 0 Å². The number of hydrogen-bond acceptors (Lipinski definition) is 3. The van der Waals surface area contributed by atoms with Crippen LogP contribution in [0.15, 0.2) is 18.2 Å². The highest BCUT2D eigenvalue weighted by Gasteiger charge is 2.29. The minimum absolute atomic E-state index is 0.380. The van der Waals surface area contributed by atoms with Crippen LogP contribution in [0.25, 0.3) is 5.69 Å². The number of nitrogens with zero attached hydrogens (tertiary/aromatic N) is 3. The quantitative estimate of drug-likeness (QED) is 0.925. The van der Waals surface area contributed by atoms with Gasteiger partial charge in [0.15, 0.2) is 5.82 Å². The van der Waals surface area contributed by atoms with E-state index in [0.29, 0.717) is 12.5 Å². The van der Waals surface area contributed by atoms with Crippen molar-refractivity contribution in [3.8, 4) is 5.69 Å². The SMILES string of the molecule is Cc1ccc(-n2nc(C3CC3)nc2CN)cc1Cl. The predicted octanol–water partition coefficient (Wildman–Crippen LogP) is 2.57. The summed E-state index contributed by atoms with van der Waals surface area (Å²) < 4.78 is 1.80. The first-order chi connectivity index (χ1) is 8.69. The Labute approximate surface area is 111 Å². The van der Waals surface area contributed by atoms with Crippen LogP contribution in [-0.2, 0) is 6.54 Å². The average molecular weight is 263 g/mol. The zero-order valence-corrected chi connectivity index (χ0v) is 11.0. The zero-order valence-electron chi connectivity index (χ0n) is 10.2. The second kappa shape index (κ2) is 4.37. The molecule has 1 aliphatic carbocycles. The fourth-order valence-corrected chi connectivity index (χ4v) is 2.10. The molecule has 0 aliphatic heterocycles. The Bertz CT molecular complexity index is 587. The molecule has 18 heavy (non-hydrogen) atoms. The van der Waals surface area contributed by atoms with Crippen molar-refractivity contribution in [1.82, 2.24) is 14.8 Å². The summed E-state index contributed by atoms with van der Waals surface area (Å²) in [6.07, 6.45) is 2.37. The van der Waals surface area contributed by atoms with E-state index in [4.69, 9.17) is 17.3 Å². The first-order valence-electron chi connectivity index (χ1n) is 6.11. The summed E-state index contributed by atoms with van der Waals surface area (Å²) in [4.78, 5) is 4.50. The van der Waals surface area contributed by atoms with Crippen molar-refractivity contribution in [2.24, 2.45) is 5.73 Å². The molecule has 3 rings (SSSR count). The monoisotopic (exact) mass is 262 g/mol. The predicted molar refractivity (Wildman–Crippen MR) is 71.0 cm³/mol. The molecule has 2 aromatic rings. The Morgan fingerprint density at radius 1 is 1.44 bits per heavy atom. The number of hydrogen-bond donors (Lipinski definition) is 1. The van der Waals surface area contributed by atoms with E-state index < -0.39 is 0 Å². The van der Waals surface area contributed by atoms with E-state index in [2.05, 4.69) is 10.1 Å². The van der Waals surface area contributed by atoms with Crippen LogP contribution in [-0.4, -0.2) is 14.8 Å². The van der Waals surface area contributed by atoms with Crippen molar-refractivity contribution in [2.45, 2.75) is 32.2 Å². The molecule has 0 unspecified atom stereocenters. The Kier molecular flexibility index (Phi) is 2.84. The lowest BCUT2D eigenvalue weighted by atomic mass is 10.2. The van der Waals surface area contributed by atoms with E-state index in [0.717, 1.165) is 27.9 Å². The Balaban J connectivity index is 2.06. The standard InChI is InChI=1S/C13H15ClN4/c1-8-2-5-10(6-11(8)14)18-12(7-15)16-13(17-18)9-3-4-9/h2,5-6,9H,3-4,7,15H2,1H3. The van der Waals surface area contributed by atoms with E-state index in [1.165, 1.54) is 12.8 Å². The molecule has 0 bridgehead atoms. The third-order valence-corrected chi connectivity index (χ3v) is 3.62. The van der Waals surface area contributed by atoms with Gasteiger partial charge in [-0.15, -0.1) is 0 Å². The van der Waals surface area contributed by atoms with Gasteiger partial charge in [-0.1, -0.05) is 17.7 Å². The number of aromatic nitrogens is 3. The molecule has 0 saturated heterocycles. The van der Waals surface area contributed by atoms with Gasteiger partial charge in [-0.2, -0.15) is 5.10 Å². The second-order valence-corrected chi connectivity index (χ2v) is 5.12. The normalized spacial score (nSPS) is 15.1. The van der Waals surface area contributed by atoms with Gasteiger partial charge in [-0.05, 0) is 37.5 Å². The molecular formula is C13H15ClN4. The molecule has 1 saturated carbocycles. The average Bonchev–Trinajstić information content (AvgIpc) is 3.12. The molecule has 1 heterocycles. The molecule has 1 aromatic carbocycles. The van der Waals surface area contributed by atoms with Crippen LogP contribution in [0.1, 0.15) is 36.0 Å². The van der Waals surface area contributed by atoms with Gasteiger partial charge >= 0.3 is 0 Å². The van der Waals surface area contributed by atoms with Gasteiger partial charge in [-0.25, -0.2) is 9.67 Å². The van der Waals surface area contributed by atoms with Gasteiger partial charge < -0.3 is 5.73 Å². The summed E-state index contributed by atoms with van der Waals surface area (Å²) in [6.45, 7) is 2.36. The van der Waals surface area contributed by atoms with Crippen molar-refractivity contribution in [3.63, 3.8) is 0 Å². The van der Waals surface area contributed by atoms with Crippen LogP contribution in [0.3, 0.4) is 0 Å². The lowest BCUT2D eigenvalue weighted by Gasteiger charge is -2.06. The van der Waals surface area contributed by atoms with Crippen LogP contribution >= 0.6 is 11.6 Å². The maximum Gasteiger partial charge on any atom is 0.154 e. The number of aryl methyl sites for hydroxylation is 1. The van der Waals surface area contributed by atoms with E-state index >= 15 is 0 Å². The van der Waals surface area contributed by atoms with Gasteiger partial charge in [0, 0.05) is 10.9 Å². The summed E-state index contributed by atoms with van der Waals surface area (Å²) in [5.41, 5.74) is 7.71. The van der Waals surface area contributed by atoms with E-state index in [1.807, 2.05) is 25.1 Å². The number of benzene rings is 1. The fourth-order valence-electron chi connectivity index (χ4n) is 1.93. The lowest BCUT2D eigenvalue weighted by molar-refractivity contribution is 0.780. The topological polar surface area (TPSA) is 56.7 Å². The van der Waals surface area contributed by atoms with Crippen LogP contribution in [0, 0.1) is 6.92 Å². The van der Waals surface area contributed by atoms with Crippen molar-refractivity contribution in [1.29, 1.82) is 0 Å². The zero-order chi connectivity index (χ0) is 12.7. The number of nitrogens with two attached hydrogens (primary N) is 1. The molecule has 1 aliphatic rings. The summed E-state index contributed by atoms with van der Waals surface area (Å²) in [6, 6.07) is 5.88. The van der Waals surface area contributed by atoms with Crippen LogP contribution in [0.2, 0.25) is 5.02 Å². The molecule has 0 atom stereocenters. The second-order valence-electron chi connectivity index (χ2n) is 4.71. The molecule has 2 N–H and O–H groups in total. The molecule has 4 nitrogen and oxygen atoms in total. The highest BCUT2D eigenvalue weighted by atomic mass is 35.5.